The second-order valence-electron chi connectivity index (χ2n) is 5.05. The smallest absolute Gasteiger partial charge is 0.264 e. The van der Waals surface area contributed by atoms with Crippen LogP contribution in [0.15, 0.2) is 30.3 Å². The maximum Gasteiger partial charge on any atom is 0.264 e. The molecule has 1 fully saturated rings. The van der Waals surface area contributed by atoms with Crippen molar-refractivity contribution in [3.63, 3.8) is 0 Å². The molecule has 1 saturated heterocycles. The molecule has 21 heavy (non-hydrogen) atoms. The van der Waals surface area contributed by atoms with Crippen molar-refractivity contribution >= 4 is 5.91 Å². The number of amides is 1. The zero-order valence-corrected chi connectivity index (χ0v) is 11.8. The summed E-state index contributed by atoms with van der Waals surface area (Å²) >= 11 is 0. The van der Waals surface area contributed by atoms with Gasteiger partial charge in [0.05, 0.1) is 19.1 Å². The predicted octanol–water partition coefficient (Wildman–Crippen LogP) is 0.915. The second-order valence-corrected chi connectivity index (χ2v) is 5.05. The van der Waals surface area contributed by atoms with E-state index in [9.17, 15) is 14.9 Å². The number of nitro groups is 1. The Morgan fingerprint density at radius 2 is 2.14 bits per heavy atom. The summed E-state index contributed by atoms with van der Waals surface area (Å²) < 4.78 is 9.96. The molecule has 0 saturated carbocycles. The van der Waals surface area contributed by atoms with Crippen molar-refractivity contribution in [3.05, 3.63) is 46.0 Å². The number of nitrogens with zero attached hydrogens (tertiary/aromatic N) is 1. The van der Waals surface area contributed by atoms with Gasteiger partial charge in [-0.05, 0) is 0 Å². The summed E-state index contributed by atoms with van der Waals surface area (Å²) in [7, 11) is 1.48. The first-order valence-electron chi connectivity index (χ1n) is 6.64. The van der Waals surface area contributed by atoms with Gasteiger partial charge in [0.15, 0.2) is 0 Å². The number of carbonyl (C=O) groups excluding carboxylic acids is 1. The molecule has 0 aromatic heterocycles. The minimum absolute atomic E-state index is 0.0103. The highest BCUT2D eigenvalue weighted by molar-refractivity contribution is 5.80. The molecule has 114 valence electrons. The number of hydrogen-bond donors (Lipinski definition) is 1. The second kappa shape index (κ2) is 6.64. The van der Waals surface area contributed by atoms with Gasteiger partial charge in [-0.3, -0.25) is 14.9 Å². The molecule has 2 unspecified atom stereocenters. The first-order chi connectivity index (χ1) is 10.1. The molecule has 7 heteroatoms. The minimum atomic E-state index is -1.31. The fourth-order valence-electron chi connectivity index (χ4n) is 2.57. The highest BCUT2D eigenvalue weighted by Gasteiger charge is 2.51. The zero-order chi connectivity index (χ0) is 15.3. The molecule has 0 spiro atoms. The summed E-state index contributed by atoms with van der Waals surface area (Å²) in [5, 5.41) is 14.3. The van der Waals surface area contributed by atoms with Crippen LogP contribution in [-0.2, 0) is 19.8 Å². The van der Waals surface area contributed by atoms with Crippen molar-refractivity contribution in [3.8, 4) is 0 Å². The summed E-state index contributed by atoms with van der Waals surface area (Å²) in [5.74, 6) is -0.793. The molecule has 0 radical (unpaired) electrons. The molecule has 1 N–H and O–H groups in total. The quantitative estimate of drug-likeness (QED) is 0.364. The molecule has 2 rings (SSSR count). The van der Waals surface area contributed by atoms with Gasteiger partial charge in [0.2, 0.25) is 5.91 Å². The average Bonchev–Trinajstić information content (AvgIpc) is 2.50. The van der Waals surface area contributed by atoms with Gasteiger partial charge < -0.3 is 14.8 Å². The van der Waals surface area contributed by atoms with E-state index in [-0.39, 0.29) is 37.2 Å². The van der Waals surface area contributed by atoms with Crippen LogP contribution < -0.4 is 5.32 Å². The minimum Gasteiger partial charge on any atom is -0.359 e. The summed E-state index contributed by atoms with van der Waals surface area (Å²) in [6, 6.07) is 8.75. The van der Waals surface area contributed by atoms with Crippen molar-refractivity contribution in [1.29, 1.82) is 0 Å². The Hall–Kier alpha value is -1.99. The molecule has 0 bridgehead atoms. The van der Waals surface area contributed by atoms with Crippen LogP contribution in [0.25, 0.3) is 0 Å². The Bertz CT molecular complexity index is 507. The fourth-order valence-corrected chi connectivity index (χ4v) is 2.57. The Morgan fingerprint density at radius 1 is 1.43 bits per heavy atom. The normalized spacial score (nSPS) is 25.4. The summed E-state index contributed by atoms with van der Waals surface area (Å²) in [6.07, 6.45) is 0.111. The average molecular weight is 294 g/mol. The number of ether oxygens (including phenoxy) is 2. The molecule has 0 aliphatic carbocycles. The summed E-state index contributed by atoms with van der Waals surface area (Å²) in [5.41, 5.74) is -0.720. The topological polar surface area (TPSA) is 90.7 Å². The lowest BCUT2D eigenvalue weighted by Gasteiger charge is -2.34. The number of benzene rings is 1. The van der Waals surface area contributed by atoms with Crippen molar-refractivity contribution in [2.45, 2.75) is 12.0 Å². The number of rotatable bonds is 6. The number of carbonyl (C=O) groups is 1. The van der Waals surface area contributed by atoms with E-state index in [0.29, 0.717) is 5.56 Å². The number of nitrogens with one attached hydrogen (secondary N) is 1. The largest absolute Gasteiger partial charge is 0.359 e. The molecule has 1 aliphatic rings. The van der Waals surface area contributed by atoms with Gasteiger partial charge >= 0.3 is 0 Å². The van der Waals surface area contributed by atoms with E-state index in [1.807, 2.05) is 0 Å². The lowest BCUT2D eigenvalue weighted by molar-refractivity contribution is -0.581. The van der Waals surface area contributed by atoms with E-state index in [2.05, 4.69) is 5.32 Å². The van der Waals surface area contributed by atoms with E-state index < -0.39 is 11.5 Å². The maximum atomic E-state index is 11.9. The molecule has 2 atom stereocenters. The van der Waals surface area contributed by atoms with Crippen LogP contribution in [0, 0.1) is 16.0 Å². The van der Waals surface area contributed by atoms with Gasteiger partial charge in [-0.15, -0.1) is 0 Å². The number of hydrogen-bond acceptors (Lipinski definition) is 5. The monoisotopic (exact) mass is 294 g/mol. The number of methoxy groups -OCH3 is 1. The summed E-state index contributed by atoms with van der Waals surface area (Å²) in [4.78, 5) is 23.2. The molecular weight excluding hydrogens is 276 g/mol. The van der Waals surface area contributed by atoms with Crippen LogP contribution in [0.4, 0.5) is 0 Å². The molecule has 1 aromatic carbocycles. The lowest BCUT2D eigenvalue weighted by Crippen LogP contribution is -2.55. The van der Waals surface area contributed by atoms with Crippen molar-refractivity contribution in [1.82, 2.24) is 5.32 Å². The van der Waals surface area contributed by atoms with Crippen LogP contribution >= 0.6 is 0 Å². The third-order valence-electron chi connectivity index (χ3n) is 3.69. The highest BCUT2D eigenvalue weighted by Crippen LogP contribution is 2.34. The Balaban J connectivity index is 2.22. The van der Waals surface area contributed by atoms with E-state index in [0.717, 1.165) is 0 Å². The SMILES string of the molecule is COCOCC1CC(c2ccccc2)([N+](=O)[O-])CNC1=O. The van der Waals surface area contributed by atoms with Gasteiger partial charge in [0, 0.05) is 24.0 Å². The molecule has 7 nitrogen and oxygen atoms in total. The molecule has 1 amide bonds. The van der Waals surface area contributed by atoms with Gasteiger partial charge in [0.1, 0.15) is 6.79 Å². The third kappa shape index (κ3) is 3.20. The van der Waals surface area contributed by atoms with Gasteiger partial charge in [-0.1, -0.05) is 30.3 Å². The van der Waals surface area contributed by atoms with Crippen molar-refractivity contribution in [2.75, 3.05) is 27.1 Å². The zero-order valence-electron chi connectivity index (χ0n) is 11.8. The third-order valence-corrected chi connectivity index (χ3v) is 3.69. The first kappa shape index (κ1) is 15.4. The Kier molecular flexibility index (Phi) is 4.87. The van der Waals surface area contributed by atoms with Gasteiger partial charge in [0.25, 0.3) is 5.54 Å². The van der Waals surface area contributed by atoms with Crippen LogP contribution in [0.3, 0.4) is 0 Å². The first-order valence-corrected chi connectivity index (χ1v) is 6.64. The summed E-state index contributed by atoms with van der Waals surface area (Å²) in [6.45, 7) is 0.145. The van der Waals surface area contributed by atoms with Crippen LogP contribution in [0.5, 0.6) is 0 Å². The van der Waals surface area contributed by atoms with Crippen LogP contribution in [0.2, 0.25) is 0 Å². The lowest BCUT2D eigenvalue weighted by atomic mass is 9.79. The van der Waals surface area contributed by atoms with Crippen molar-refractivity contribution < 1.29 is 19.2 Å². The Morgan fingerprint density at radius 3 is 2.76 bits per heavy atom. The van der Waals surface area contributed by atoms with Gasteiger partial charge in [-0.2, -0.15) is 0 Å². The van der Waals surface area contributed by atoms with Crippen molar-refractivity contribution in [2.24, 2.45) is 5.92 Å². The van der Waals surface area contributed by atoms with Crippen LogP contribution in [-0.4, -0.2) is 37.9 Å². The van der Waals surface area contributed by atoms with E-state index in [1.165, 1.54) is 7.11 Å². The van der Waals surface area contributed by atoms with Crippen LogP contribution in [0.1, 0.15) is 12.0 Å². The van der Waals surface area contributed by atoms with E-state index in [4.69, 9.17) is 9.47 Å². The standard InChI is InChI=1S/C14H18N2O5/c1-20-10-21-8-11-7-14(16(18)19,9-15-13(11)17)12-5-3-2-4-6-12/h2-6,11H,7-10H2,1H3,(H,15,17). The molecule has 1 aromatic rings. The number of piperidine rings is 1. The molecule has 1 aliphatic heterocycles. The maximum absolute atomic E-state index is 11.9. The fraction of sp³-hybridized carbons (Fsp3) is 0.500. The molecule has 1 heterocycles. The highest BCUT2D eigenvalue weighted by atomic mass is 16.7. The van der Waals surface area contributed by atoms with E-state index in [1.54, 1.807) is 30.3 Å². The predicted molar refractivity (Wildman–Crippen MR) is 74.1 cm³/mol. The molecular formula is C14H18N2O5. The Labute approximate surface area is 122 Å². The van der Waals surface area contributed by atoms with E-state index >= 15 is 0 Å². The van der Waals surface area contributed by atoms with Gasteiger partial charge in [-0.25, -0.2) is 0 Å².